The van der Waals surface area contributed by atoms with Crippen molar-refractivity contribution in [3.63, 3.8) is 0 Å². The summed E-state index contributed by atoms with van der Waals surface area (Å²) < 4.78 is 10.3. The maximum absolute atomic E-state index is 11.6. The van der Waals surface area contributed by atoms with Crippen LogP contribution < -0.4 is 15.5 Å². The third-order valence-electron chi connectivity index (χ3n) is 3.37. The molecular formula is C15H18ClN3O5. The lowest BCUT2D eigenvalue weighted by Gasteiger charge is -2.09. The maximum atomic E-state index is 11.6. The van der Waals surface area contributed by atoms with Crippen LogP contribution >= 0.6 is 11.6 Å². The average Bonchev–Trinajstić information content (AvgIpc) is 3.09. The Morgan fingerprint density at radius 3 is 2.96 bits per heavy atom. The van der Waals surface area contributed by atoms with Gasteiger partial charge < -0.3 is 19.9 Å². The van der Waals surface area contributed by atoms with E-state index in [1.54, 1.807) is 0 Å². The standard InChI is InChI=1S/C15H18ClN3O5/c1-23-12-6-9(5-11(16)13(12)20)7-18-19-15(22)14(21)17-8-10-3-2-4-24-10/h5-7,10,20H,2-4,8H2,1H3,(H,17,21)(H,19,22)/b18-7+/t10-/m1/s1. The summed E-state index contributed by atoms with van der Waals surface area (Å²) >= 11 is 5.84. The molecule has 1 heterocycles. The number of carbonyl (C=O) groups is 2. The Balaban J connectivity index is 1.85. The van der Waals surface area contributed by atoms with Gasteiger partial charge in [0.1, 0.15) is 0 Å². The van der Waals surface area contributed by atoms with Crippen LogP contribution in [0, 0.1) is 0 Å². The number of benzene rings is 1. The molecule has 2 rings (SSSR count). The summed E-state index contributed by atoms with van der Waals surface area (Å²) in [6, 6.07) is 2.92. The van der Waals surface area contributed by atoms with Crippen molar-refractivity contribution in [1.82, 2.24) is 10.7 Å². The molecule has 0 spiro atoms. The van der Waals surface area contributed by atoms with Crippen molar-refractivity contribution in [2.75, 3.05) is 20.3 Å². The lowest BCUT2D eigenvalue weighted by atomic mass is 10.2. The average molecular weight is 356 g/mol. The van der Waals surface area contributed by atoms with E-state index in [0.717, 1.165) is 12.8 Å². The van der Waals surface area contributed by atoms with Gasteiger partial charge in [0.2, 0.25) is 0 Å². The number of nitrogens with one attached hydrogen (secondary N) is 2. The van der Waals surface area contributed by atoms with Gasteiger partial charge >= 0.3 is 11.8 Å². The lowest BCUT2D eigenvalue weighted by Crippen LogP contribution is -2.41. The van der Waals surface area contributed by atoms with Crippen LogP contribution in [-0.2, 0) is 14.3 Å². The highest BCUT2D eigenvalue weighted by atomic mass is 35.5. The molecule has 1 atom stereocenters. The van der Waals surface area contributed by atoms with Crippen molar-refractivity contribution >= 4 is 29.6 Å². The van der Waals surface area contributed by atoms with E-state index in [1.165, 1.54) is 25.5 Å². The molecule has 130 valence electrons. The number of ether oxygens (including phenoxy) is 2. The number of rotatable bonds is 5. The van der Waals surface area contributed by atoms with Crippen molar-refractivity contribution in [3.05, 3.63) is 22.7 Å². The normalized spacial score (nSPS) is 17.0. The van der Waals surface area contributed by atoms with Gasteiger partial charge in [0.05, 0.1) is 24.5 Å². The van der Waals surface area contributed by atoms with E-state index in [9.17, 15) is 14.7 Å². The molecule has 0 aliphatic carbocycles. The molecule has 3 N–H and O–H groups in total. The van der Waals surface area contributed by atoms with Crippen LogP contribution in [0.4, 0.5) is 0 Å². The van der Waals surface area contributed by atoms with Gasteiger partial charge in [-0.05, 0) is 30.5 Å². The van der Waals surface area contributed by atoms with E-state index in [1.807, 2.05) is 0 Å². The number of halogens is 1. The first kappa shape index (κ1) is 18.0. The van der Waals surface area contributed by atoms with Crippen LogP contribution in [0.3, 0.4) is 0 Å². The molecule has 24 heavy (non-hydrogen) atoms. The molecule has 8 nitrogen and oxygen atoms in total. The fraction of sp³-hybridized carbons (Fsp3) is 0.400. The highest BCUT2D eigenvalue weighted by Crippen LogP contribution is 2.34. The zero-order chi connectivity index (χ0) is 17.5. The monoisotopic (exact) mass is 355 g/mol. The molecule has 9 heteroatoms. The van der Waals surface area contributed by atoms with Gasteiger partial charge in [-0.2, -0.15) is 5.10 Å². The Morgan fingerprint density at radius 2 is 2.29 bits per heavy atom. The Labute approximate surface area is 143 Å². The predicted octanol–water partition coefficient (Wildman–Crippen LogP) is 0.800. The van der Waals surface area contributed by atoms with Gasteiger partial charge in [0.15, 0.2) is 11.5 Å². The molecule has 1 fully saturated rings. The number of phenolic OH excluding ortho intramolecular Hbond substituents is 1. The summed E-state index contributed by atoms with van der Waals surface area (Å²) in [6.07, 6.45) is 3.05. The molecule has 0 radical (unpaired) electrons. The highest BCUT2D eigenvalue weighted by Gasteiger charge is 2.19. The largest absolute Gasteiger partial charge is 0.503 e. The third kappa shape index (κ3) is 4.84. The molecule has 2 amide bonds. The quantitative estimate of drug-likeness (QED) is 0.411. The van der Waals surface area contributed by atoms with Crippen LogP contribution in [0.5, 0.6) is 11.5 Å². The summed E-state index contributed by atoms with van der Waals surface area (Å²) in [7, 11) is 1.38. The van der Waals surface area contributed by atoms with Crippen molar-refractivity contribution in [2.24, 2.45) is 5.10 Å². The number of phenols is 1. The highest BCUT2D eigenvalue weighted by molar-refractivity contribution is 6.35. The van der Waals surface area contributed by atoms with Crippen molar-refractivity contribution in [2.45, 2.75) is 18.9 Å². The van der Waals surface area contributed by atoms with Crippen molar-refractivity contribution in [3.8, 4) is 11.5 Å². The third-order valence-corrected chi connectivity index (χ3v) is 3.66. The second-order valence-corrected chi connectivity index (χ2v) is 5.50. The second-order valence-electron chi connectivity index (χ2n) is 5.10. The Hall–Kier alpha value is -2.32. The van der Waals surface area contributed by atoms with Gasteiger partial charge in [0, 0.05) is 13.2 Å². The number of hydrazone groups is 1. The molecule has 1 aliphatic heterocycles. The van der Waals surface area contributed by atoms with E-state index in [-0.39, 0.29) is 22.6 Å². The Bertz CT molecular complexity index is 644. The van der Waals surface area contributed by atoms with Crippen LogP contribution in [0.1, 0.15) is 18.4 Å². The molecule has 0 aromatic heterocycles. The van der Waals surface area contributed by atoms with Crippen molar-refractivity contribution < 1.29 is 24.2 Å². The molecule has 0 saturated carbocycles. The lowest BCUT2D eigenvalue weighted by molar-refractivity contribution is -0.139. The predicted molar refractivity (Wildman–Crippen MR) is 87.4 cm³/mol. The minimum Gasteiger partial charge on any atom is -0.503 e. The minimum absolute atomic E-state index is 0.0446. The first-order valence-corrected chi connectivity index (χ1v) is 7.68. The van der Waals surface area contributed by atoms with Gasteiger partial charge in [-0.1, -0.05) is 11.6 Å². The number of hydrogen-bond acceptors (Lipinski definition) is 6. The van der Waals surface area contributed by atoms with E-state index >= 15 is 0 Å². The fourth-order valence-electron chi connectivity index (χ4n) is 2.13. The number of hydrogen-bond donors (Lipinski definition) is 3. The molecular weight excluding hydrogens is 338 g/mol. The summed E-state index contributed by atoms with van der Waals surface area (Å²) in [6.45, 7) is 0.969. The summed E-state index contributed by atoms with van der Waals surface area (Å²) in [5.41, 5.74) is 2.59. The maximum Gasteiger partial charge on any atom is 0.329 e. The smallest absolute Gasteiger partial charge is 0.329 e. The molecule has 1 aromatic carbocycles. The van der Waals surface area contributed by atoms with Gasteiger partial charge in [-0.15, -0.1) is 0 Å². The Kier molecular flexibility index (Phi) is 6.39. The molecule has 0 bridgehead atoms. The molecule has 1 saturated heterocycles. The zero-order valence-corrected chi connectivity index (χ0v) is 13.8. The van der Waals surface area contributed by atoms with Crippen LogP contribution in [0.15, 0.2) is 17.2 Å². The SMILES string of the molecule is COc1cc(/C=N/NC(=O)C(=O)NC[C@H]2CCCO2)cc(Cl)c1O. The number of nitrogens with zero attached hydrogens (tertiary/aromatic N) is 1. The van der Waals surface area contributed by atoms with Gasteiger partial charge in [-0.25, -0.2) is 5.43 Å². The van der Waals surface area contributed by atoms with Crippen LogP contribution in [0.2, 0.25) is 5.02 Å². The van der Waals surface area contributed by atoms with E-state index in [0.29, 0.717) is 18.7 Å². The number of amides is 2. The fourth-order valence-corrected chi connectivity index (χ4v) is 2.35. The van der Waals surface area contributed by atoms with Gasteiger partial charge in [0.25, 0.3) is 0 Å². The number of aromatic hydroxyl groups is 1. The molecule has 0 unspecified atom stereocenters. The van der Waals surface area contributed by atoms with E-state index in [2.05, 4.69) is 15.8 Å². The van der Waals surface area contributed by atoms with Crippen LogP contribution in [-0.4, -0.2) is 49.5 Å². The molecule has 1 aliphatic rings. The topological polar surface area (TPSA) is 109 Å². The summed E-state index contributed by atoms with van der Waals surface area (Å²) in [4.78, 5) is 23.2. The van der Waals surface area contributed by atoms with E-state index in [4.69, 9.17) is 21.1 Å². The second kappa shape index (κ2) is 8.51. The van der Waals surface area contributed by atoms with Crippen LogP contribution in [0.25, 0.3) is 0 Å². The number of methoxy groups -OCH3 is 1. The first-order chi connectivity index (χ1) is 11.5. The van der Waals surface area contributed by atoms with E-state index < -0.39 is 11.8 Å². The molecule has 1 aromatic rings. The summed E-state index contributed by atoms with van der Waals surface area (Å²) in [5, 5.41) is 15.9. The Morgan fingerprint density at radius 1 is 1.50 bits per heavy atom. The minimum atomic E-state index is -0.888. The number of carbonyl (C=O) groups excluding carboxylic acids is 2. The zero-order valence-electron chi connectivity index (χ0n) is 13.0. The first-order valence-electron chi connectivity index (χ1n) is 7.30. The van der Waals surface area contributed by atoms with Gasteiger partial charge in [-0.3, -0.25) is 9.59 Å². The summed E-state index contributed by atoms with van der Waals surface area (Å²) in [5.74, 6) is -1.69. The van der Waals surface area contributed by atoms with Crippen molar-refractivity contribution in [1.29, 1.82) is 0 Å².